The Morgan fingerprint density at radius 1 is 1.17 bits per heavy atom. The third kappa shape index (κ3) is 2.79. The maximum atomic E-state index is 12.0. The number of carbonyl (C=O) groups excluding carboxylic acids is 1. The lowest BCUT2D eigenvalue weighted by molar-refractivity contribution is 0.102. The van der Waals surface area contributed by atoms with Gasteiger partial charge in [0.15, 0.2) is 0 Å². The van der Waals surface area contributed by atoms with Crippen LogP contribution in [-0.4, -0.2) is 5.91 Å². The van der Waals surface area contributed by atoms with Gasteiger partial charge in [-0.25, -0.2) is 0 Å². The van der Waals surface area contributed by atoms with Gasteiger partial charge < -0.3 is 5.32 Å². The second kappa shape index (κ2) is 5.52. The van der Waals surface area contributed by atoms with Crippen LogP contribution in [0.1, 0.15) is 15.9 Å². The molecule has 0 aromatic heterocycles. The highest BCUT2D eigenvalue weighted by Crippen LogP contribution is 2.22. The predicted molar refractivity (Wildman–Crippen MR) is 75.9 cm³/mol. The van der Waals surface area contributed by atoms with Gasteiger partial charge in [-0.15, -0.1) is 0 Å². The van der Waals surface area contributed by atoms with E-state index in [1.54, 1.807) is 30.3 Å². The van der Waals surface area contributed by atoms with Crippen molar-refractivity contribution in [1.29, 1.82) is 0 Å². The van der Waals surface area contributed by atoms with E-state index in [0.717, 1.165) is 5.56 Å². The van der Waals surface area contributed by atoms with Gasteiger partial charge in [0.2, 0.25) is 0 Å². The summed E-state index contributed by atoms with van der Waals surface area (Å²) in [4.78, 5) is 12.0. The molecule has 0 unspecified atom stereocenters. The second-order valence-electron chi connectivity index (χ2n) is 3.76. The Hall–Kier alpha value is -2.06. The minimum Gasteiger partial charge on any atom is -0.321 e. The number of benzene rings is 2. The number of hydrogen-bond donors (Lipinski definition) is 1. The van der Waals surface area contributed by atoms with Gasteiger partial charge in [0.25, 0.3) is 5.91 Å². The van der Waals surface area contributed by atoms with Crippen molar-refractivity contribution in [3.63, 3.8) is 0 Å². The molecular formula is C15H12ClNO. The van der Waals surface area contributed by atoms with Crippen molar-refractivity contribution in [1.82, 2.24) is 0 Å². The highest BCUT2D eigenvalue weighted by molar-refractivity contribution is 6.31. The van der Waals surface area contributed by atoms with Crippen LogP contribution < -0.4 is 5.32 Å². The Kier molecular flexibility index (Phi) is 3.80. The summed E-state index contributed by atoms with van der Waals surface area (Å²) in [6, 6.07) is 14.3. The summed E-state index contributed by atoms with van der Waals surface area (Å²) >= 11 is 5.92. The molecule has 0 aliphatic heterocycles. The standard InChI is InChI=1S/C15H12ClNO/c1-2-11-8-9-13(16)10-14(11)17-15(18)12-6-4-3-5-7-12/h2-10H,1H2,(H,17,18). The summed E-state index contributed by atoms with van der Waals surface area (Å²) in [6.45, 7) is 3.71. The van der Waals surface area contributed by atoms with Crippen LogP contribution in [0.15, 0.2) is 55.1 Å². The number of carbonyl (C=O) groups is 1. The minimum absolute atomic E-state index is 0.166. The van der Waals surface area contributed by atoms with Gasteiger partial charge in [0.1, 0.15) is 0 Å². The molecule has 2 aromatic carbocycles. The first-order chi connectivity index (χ1) is 8.70. The molecule has 2 rings (SSSR count). The summed E-state index contributed by atoms with van der Waals surface area (Å²) in [5.41, 5.74) is 2.10. The van der Waals surface area contributed by atoms with Gasteiger partial charge in [-0.05, 0) is 29.8 Å². The van der Waals surface area contributed by atoms with Crippen molar-refractivity contribution in [2.75, 3.05) is 5.32 Å². The Morgan fingerprint density at radius 3 is 2.56 bits per heavy atom. The third-order valence-electron chi connectivity index (χ3n) is 2.52. The van der Waals surface area contributed by atoms with Crippen LogP contribution in [0.4, 0.5) is 5.69 Å². The van der Waals surface area contributed by atoms with E-state index in [4.69, 9.17) is 11.6 Å². The number of amides is 1. The average Bonchev–Trinajstić information content (AvgIpc) is 2.40. The quantitative estimate of drug-likeness (QED) is 0.876. The maximum absolute atomic E-state index is 12.0. The van der Waals surface area contributed by atoms with Crippen LogP contribution in [0.5, 0.6) is 0 Å². The largest absolute Gasteiger partial charge is 0.321 e. The Labute approximate surface area is 111 Å². The van der Waals surface area contributed by atoms with Gasteiger partial charge in [0, 0.05) is 16.3 Å². The number of rotatable bonds is 3. The molecule has 0 heterocycles. The van der Waals surface area contributed by atoms with E-state index in [1.165, 1.54) is 0 Å². The predicted octanol–water partition coefficient (Wildman–Crippen LogP) is 4.24. The molecule has 2 aromatic rings. The Balaban J connectivity index is 2.27. The highest BCUT2D eigenvalue weighted by atomic mass is 35.5. The summed E-state index contributed by atoms with van der Waals surface area (Å²) in [5.74, 6) is -0.166. The van der Waals surface area contributed by atoms with E-state index in [2.05, 4.69) is 11.9 Å². The monoisotopic (exact) mass is 257 g/mol. The molecule has 3 heteroatoms. The number of halogens is 1. The van der Waals surface area contributed by atoms with Crippen molar-refractivity contribution >= 4 is 29.3 Å². The average molecular weight is 258 g/mol. The SMILES string of the molecule is C=Cc1ccc(Cl)cc1NC(=O)c1ccccc1. The molecule has 0 aliphatic carbocycles. The molecule has 1 N–H and O–H groups in total. The zero-order valence-corrected chi connectivity index (χ0v) is 10.4. The van der Waals surface area contributed by atoms with E-state index < -0.39 is 0 Å². The van der Waals surface area contributed by atoms with Crippen molar-refractivity contribution < 1.29 is 4.79 Å². The molecule has 0 saturated heterocycles. The lowest BCUT2D eigenvalue weighted by Crippen LogP contribution is -2.12. The summed E-state index contributed by atoms with van der Waals surface area (Å²) in [5, 5.41) is 3.40. The van der Waals surface area contributed by atoms with Gasteiger partial charge in [-0.3, -0.25) is 4.79 Å². The van der Waals surface area contributed by atoms with E-state index in [9.17, 15) is 4.79 Å². The zero-order chi connectivity index (χ0) is 13.0. The fourth-order valence-corrected chi connectivity index (χ4v) is 1.77. The molecular weight excluding hydrogens is 246 g/mol. The summed E-state index contributed by atoms with van der Waals surface area (Å²) < 4.78 is 0. The molecule has 18 heavy (non-hydrogen) atoms. The van der Waals surface area contributed by atoms with Crippen molar-refractivity contribution in [2.45, 2.75) is 0 Å². The minimum atomic E-state index is -0.166. The first-order valence-corrected chi connectivity index (χ1v) is 5.87. The molecule has 90 valence electrons. The van der Waals surface area contributed by atoms with Gasteiger partial charge in [-0.2, -0.15) is 0 Å². The first kappa shape index (κ1) is 12.4. The fraction of sp³-hybridized carbons (Fsp3) is 0. The molecule has 0 spiro atoms. The summed E-state index contributed by atoms with van der Waals surface area (Å²) in [7, 11) is 0. The number of hydrogen-bond acceptors (Lipinski definition) is 1. The normalized spacial score (nSPS) is 9.83. The lowest BCUT2D eigenvalue weighted by Gasteiger charge is -2.09. The topological polar surface area (TPSA) is 29.1 Å². The summed E-state index contributed by atoms with van der Waals surface area (Å²) in [6.07, 6.45) is 1.68. The Bertz CT molecular complexity index is 578. The number of anilines is 1. The van der Waals surface area contributed by atoms with E-state index in [-0.39, 0.29) is 5.91 Å². The molecule has 2 nitrogen and oxygen atoms in total. The van der Waals surface area contributed by atoms with Gasteiger partial charge >= 0.3 is 0 Å². The third-order valence-corrected chi connectivity index (χ3v) is 2.75. The van der Waals surface area contributed by atoms with Crippen LogP contribution in [0.25, 0.3) is 6.08 Å². The van der Waals surface area contributed by atoms with Crippen LogP contribution in [0.2, 0.25) is 5.02 Å². The smallest absolute Gasteiger partial charge is 0.255 e. The van der Waals surface area contributed by atoms with Crippen LogP contribution in [-0.2, 0) is 0 Å². The molecule has 0 aliphatic rings. The van der Waals surface area contributed by atoms with Crippen molar-refractivity contribution in [3.8, 4) is 0 Å². The van der Waals surface area contributed by atoms with Crippen LogP contribution >= 0.6 is 11.6 Å². The molecule has 1 amide bonds. The van der Waals surface area contributed by atoms with Gasteiger partial charge in [0.05, 0.1) is 0 Å². The fourth-order valence-electron chi connectivity index (χ4n) is 1.60. The van der Waals surface area contributed by atoms with Crippen LogP contribution in [0.3, 0.4) is 0 Å². The molecule has 0 atom stereocenters. The highest BCUT2D eigenvalue weighted by Gasteiger charge is 2.07. The molecule has 0 radical (unpaired) electrons. The second-order valence-corrected chi connectivity index (χ2v) is 4.19. The maximum Gasteiger partial charge on any atom is 0.255 e. The zero-order valence-electron chi connectivity index (χ0n) is 9.69. The lowest BCUT2D eigenvalue weighted by atomic mass is 10.1. The number of nitrogens with one attached hydrogen (secondary N) is 1. The molecule has 0 saturated carbocycles. The van der Waals surface area contributed by atoms with E-state index in [0.29, 0.717) is 16.3 Å². The van der Waals surface area contributed by atoms with Crippen molar-refractivity contribution in [2.24, 2.45) is 0 Å². The molecule has 0 bridgehead atoms. The first-order valence-electron chi connectivity index (χ1n) is 5.49. The van der Waals surface area contributed by atoms with Crippen LogP contribution in [0, 0.1) is 0 Å². The Morgan fingerprint density at radius 2 is 1.89 bits per heavy atom. The van der Waals surface area contributed by atoms with Crippen molar-refractivity contribution in [3.05, 3.63) is 71.3 Å². The van der Waals surface area contributed by atoms with Gasteiger partial charge in [-0.1, -0.05) is 48.5 Å². The molecule has 0 fully saturated rings. The van der Waals surface area contributed by atoms with E-state index in [1.807, 2.05) is 24.3 Å². The van der Waals surface area contributed by atoms with E-state index >= 15 is 0 Å².